The fraction of sp³-hybridized carbons (Fsp3) is 0.538. The van der Waals surface area contributed by atoms with Crippen molar-refractivity contribution in [3.05, 3.63) is 35.9 Å². The molecule has 0 amide bonds. The molecule has 2 fully saturated rings. The molecule has 0 aromatic heterocycles. The molecule has 1 aromatic rings. The summed E-state index contributed by atoms with van der Waals surface area (Å²) >= 11 is 0. The molecule has 1 aromatic carbocycles. The second kappa shape index (κ2) is 4.17. The van der Waals surface area contributed by atoms with Crippen molar-refractivity contribution in [1.82, 2.24) is 5.32 Å². The predicted molar refractivity (Wildman–Crippen MR) is 60.3 cm³/mol. The van der Waals surface area contributed by atoms with Crippen LogP contribution in [-0.4, -0.2) is 5.72 Å². The summed E-state index contributed by atoms with van der Waals surface area (Å²) in [7, 11) is 0. The van der Waals surface area contributed by atoms with E-state index in [9.17, 15) is 0 Å². The highest BCUT2D eigenvalue weighted by Crippen LogP contribution is 2.37. The van der Waals surface area contributed by atoms with Crippen molar-refractivity contribution in [2.75, 3.05) is 0 Å². The molecule has 16 heavy (non-hydrogen) atoms. The van der Waals surface area contributed by atoms with E-state index in [2.05, 4.69) is 17.4 Å². The van der Waals surface area contributed by atoms with Crippen LogP contribution in [0.3, 0.4) is 0 Å². The van der Waals surface area contributed by atoms with Gasteiger partial charge in [0.05, 0.1) is 0 Å². The molecule has 1 spiro atoms. The molecule has 1 saturated heterocycles. The van der Waals surface area contributed by atoms with Crippen LogP contribution in [0.25, 0.3) is 0 Å². The Morgan fingerprint density at radius 3 is 2.56 bits per heavy atom. The number of benzene rings is 1. The van der Waals surface area contributed by atoms with Crippen molar-refractivity contribution >= 4 is 0 Å². The van der Waals surface area contributed by atoms with Gasteiger partial charge >= 0.3 is 0 Å². The summed E-state index contributed by atoms with van der Waals surface area (Å²) in [6.07, 6.45) is 5.74. The normalized spacial score (nSPS) is 28.4. The van der Waals surface area contributed by atoms with Crippen molar-refractivity contribution in [1.29, 1.82) is 0 Å². The topological polar surface area (TPSA) is 30.5 Å². The minimum Gasteiger partial charge on any atom is -0.255 e. The molecule has 0 radical (unpaired) electrons. The van der Waals surface area contributed by atoms with Gasteiger partial charge in [-0.15, -0.1) is 0 Å². The van der Waals surface area contributed by atoms with Gasteiger partial charge in [0.25, 0.3) is 0 Å². The molecule has 86 valence electrons. The number of nitrogens with one attached hydrogen (secondary N) is 1. The predicted octanol–water partition coefficient (Wildman–Crippen LogP) is 2.90. The second-order valence-corrected chi connectivity index (χ2v) is 4.67. The average Bonchev–Trinajstić information content (AvgIpc) is 2.75. The SMILES string of the molecule is c1ccc(C2NC3(CCCCC3)OO2)cc1. The summed E-state index contributed by atoms with van der Waals surface area (Å²) in [4.78, 5) is 11.0. The zero-order chi connectivity index (χ0) is 10.8. The average molecular weight is 219 g/mol. The van der Waals surface area contributed by atoms with Gasteiger partial charge in [0.2, 0.25) is 0 Å². The van der Waals surface area contributed by atoms with Gasteiger partial charge in [0.1, 0.15) is 0 Å². The molecule has 0 bridgehead atoms. The Kier molecular flexibility index (Phi) is 2.67. The van der Waals surface area contributed by atoms with Crippen LogP contribution in [0.1, 0.15) is 43.9 Å². The second-order valence-electron chi connectivity index (χ2n) is 4.67. The van der Waals surface area contributed by atoms with Crippen LogP contribution in [0.15, 0.2) is 30.3 Å². The Morgan fingerprint density at radius 2 is 1.81 bits per heavy atom. The van der Waals surface area contributed by atoms with Crippen LogP contribution in [0, 0.1) is 0 Å². The maximum absolute atomic E-state index is 5.54. The van der Waals surface area contributed by atoms with E-state index < -0.39 is 0 Å². The van der Waals surface area contributed by atoms with Crippen LogP contribution in [0.4, 0.5) is 0 Å². The quantitative estimate of drug-likeness (QED) is 0.737. The third-order valence-electron chi connectivity index (χ3n) is 3.46. The highest BCUT2D eigenvalue weighted by Gasteiger charge is 2.42. The van der Waals surface area contributed by atoms with Gasteiger partial charge in [-0.1, -0.05) is 36.8 Å². The van der Waals surface area contributed by atoms with E-state index in [1.807, 2.05) is 18.2 Å². The van der Waals surface area contributed by atoms with Gasteiger partial charge in [-0.3, -0.25) is 5.32 Å². The molecule has 1 aliphatic heterocycles. The monoisotopic (exact) mass is 219 g/mol. The van der Waals surface area contributed by atoms with Gasteiger partial charge in [0, 0.05) is 0 Å². The lowest BCUT2D eigenvalue weighted by atomic mass is 9.91. The van der Waals surface area contributed by atoms with Crippen LogP contribution in [-0.2, 0) is 9.78 Å². The van der Waals surface area contributed by atoms with E-state index >= 15 is 0 Å². The molecule has 1 heterocycles. The first-order valence-electron chi connectivity index (χ1n) is 6.05. The van der Waals surface area contributed by atoms with Crippen LogP contribution >= 0.6 is 0 Å². The molecule has 1 saturated carbocycles. The molecule has 3 rings (SSSR count). The summed E-state index contributed by atoms with van der Waals surface area (Å²) in [5.74, 6) is 0. The lowest BCUT2D eigenvalue weighted by Gasteiger charge is -2.30. The van der Waals surface area contributed by atoms with Gasteiger partial charge in [0.15, 0.2) is 12.0 Å². The maximum atomic E-state index is 5.54. The molecular weight excluding hydrogens is 202 g/mol. The summed E-state index contributed by atoms with van der Waals surface area (Å²) in [6, 6.07) is 10.2. The molecule has 3 heteroatoms. The van der Waals surface area contributed by atoms with Crippen LogP contribution < -0.4 is 5.32 Å². The molecule has 3 nitrogen and oxygen atoms in total. The van der Waals surface area contributed by atoms with E-state index in [4.69, 9.17) is 9.78 Å². The highest BCUT2D eigenvalue weighted by molar-refractivity contribution is 5.17. The Balaban J connectivity index is 1.73. The lowest BCUT2D eigenvalue weighted by Crippen LogP contribution is -2.43. The van der Waals surface area contributed by atoms with Gasteiger partial charge in [-0.25, -0.2) is 9.78 Å². The van der Waals surface area contributed by atoms with Crippen molar-refractivity contribution in [2.24, 2.45) is 0 Å². The summed E-state index contributed by atoms with van der Waals surface area (Å²) in [5, 5.41) is 3.48. The molecule has 2 aliphatic rings. The summed E-state index contributed by atoms with van der Waals surface area (Å²) in [6.45, 7) is 0. The lowest BCUT2D eigenvalue weighted by molar-refractivity contribution is -0.333. The zero-order valence-electron chi connectivity index (χ0n) is 9.32. The Morgan fingerprint density at radius 1 is 1.06 bits per heavy atom. The largest absolute Gasteiger partial charge is 0.255 e. The third-order valence-corrected chi connectivity index (χ3v) is 3.46. The molecule has 1 aliphatic carbocycles. The summed E-state index contributed by atoms with van der Waals surface area (Å²) < 4.78 is 0. The van der Waals surface area contributed by atoms with E-state index in [0.29, 0.717) is 0 Å². The van der Waals surface area contributed by atoms with E-state index in [0.717, 1.165) is 18.4 Å². The Labute approximate surface area is 95.7 Å². The Hall–Kier alpha value is -0.900. The van der Waals surface area contributed by atoms with Gasteiger partial charge in [-0.05, 0) is 31.2 Å². The maximum Gasteiger partial charge on any atom is 0.171 e. The Bertz CT molecular complexity index is 346. The van der Waals surface area contributed by atoms with Crippen LogP contribution in [0.2, 0.25) is 0 Å². The van der Waals surface area contributed by atoms with Crippen molar-refractivity contribution in [2.45, 2.75) is 44.1 Å². The highest BCUT2D eigenvalue weighted by atomic mass is 17.2. The fourth-order valence-corrected chi connectivity index (χ4v) is 2.54. The van der Waals surface area contributed by atoms with E-state index in [1.54, 1.807) is 0 Å². The van der Waals surface area contributed by atoms with Gasteiger partial charge < -0.3 is 0 Å². The first-order valence-corrected chi connectivity index (χ1v) is 6.05. The van der Waals surface area contributed by atoms with Crippen molar-refractivity contribution < 1.29 is 9.78 Å². The number of rotatable bonds is 1. The van der Waals surface area contributed by atoms with Gasteiger partial charge in [-0.2, -0.15) is 0 Å². The zero-order valence-corrected chi connectivity index (χ0v) is 9.32. The van der Waals surface area contributed by atoms with Crippen LogP contribution in [0.5, 0.6) is 0 Å². The van der Waals surface area contributed by atoms with Crippen molar-refractivity contribution in [3.63, 3.8) is 0 Å². The minimum absolute atomic E-state index is 0.112. The first-order chi connectivity index (χ1) is 7.88. The molecular formula is C13H17NO2. The fourth-order valence-electron chi connectivity index (χ4n) is 2.54. The number of hydrogen-bond donors (Lipinski definition) is 1. The first kappa shape index (κ1) is 10.3. The van der Waals surface area contributed by atoms with E-state index in [1.165, 1.54) is 19.3 Å². The standard InChI is InChI=1S/C13H17NO2/c1-3-7-11(8-4-1)12-14-13(16-15-12)9-5-2-6-10-13/h1,3-4,7-8,12,14H,2,5-6,9-10H2. The van der Waals surface area contributed by atoms with E-state index in [-0.39, 0.29) is 12.0 Å². The third kappa shape index (κ3) is 1.86. The molecule has 1 atom stereocenters. The summed E-state index contributed by atoms with van der Waals surface area (Å²) in [5.41, 5.74) is 0.906. The molecule has 1 unspecified atom stereocenters. The number of hydrogen-bond acceptors (Lipinski definition) is 3. The smallest absolute Gasteiger partial charge is 0.171 e. The van der Waals surface area contributed by atoms with Crippen molar-refractivity contribution in [3.8, 4) is 0 Å². The minimum atomic E-state index is -0.223. The molecule has 1 N–H and O–H groups in total.